The fourth-order valence-corrected chi connectivity index (χ4v) is 3.91. The minimum atomic E-state index is -0.0669. The molecule has 3 aromatic rings. The first-order valence-corrected chi connectivity index (χ1v) is 9.37. The molecule has 0 bridgehead atoms. The van der Waals surface area contributed by atoms with Crippen LogP contribution >= 0.6 is 12.2 Å². The number of hydrogen-bond donors (Lipinski definition) is 2. The zero-order valence-corrected chi connectivity index (χ0v) is 15.6. The number of rotatable bonds is 6. The summed E-state index contributed by atoms with van der Waals surface area (Å²) in [5.74, 6) is 0. The lowest BCUT2D eigenvalue weighted by molar-refractivity contribution is 0.245. The van der Waals surface area contributed by atoms with Crippen LogP contribution < -0.4 is 5.32 Å². The van der Waals surface area contributed by atoms with Crippen molar-refractivity contribution in [3.05, 3.63) is 78.6 Å². The van der Waals surface area contributed by atoms with E-state index in [1.54, 1.807) is 12.4 Å². The Morgan fingerprint density at radius 3 is 2.78 bits per heavy atom. The Balaban J connectivity index is 1.78. The number of nitrogens with zero attached hydrogens (tertiary/aromatic N) is 4. The Bertz CT molecular complexity index is 899. The van der Waals surface area contributed by atoms with Gasteiger partial charge in [0.15, 0.2) is 5.11 Å². The summed E-state index contributed by atoms with van der Waals surface area (Å²) in [6.07, 6.45) is 8.10. The van der Waals surface area contributed by atoms with Crippen LogP contribution in [-0.4, -0.2) is 42.8 Å². The van der Waals surface area contributed by atoms with Crippen LogP contribution in [0.2, 0.25) is 0 Å². The molecule has 0 radical (unpaired) electrons. The van der Waals surface area contributed by atoms with Gasteiger partial charge in [0.1, 0.15) is 0 Å². The van der Waals surface area contributed by atoms with E-state index in [2.05, 4.69) is 30.8 Å². The molecule has 138 valence electrons. The number of nitrogens with one attached hydrogen (secondary N) is 1. The van der Waals surface area contributed by atoms with Gasteiger partial charge in [-0.1, -0.05) is 6.07 Å². The van der Waals surface area contributed by atoms with Crippen LogP contribution in [0.3, 0.4) is 0 Å². The predicted octanol–water partition coefficient (Wildman–Crippen LogP) is 2.62. The highest BCUT2D eigenvalue weighted by molar-refractivity contribution is 7.80. The molecule has 1 saturated heterocycles. The molecule has 2 atom stereocenters. The molecule has 2 N–H and O–H groups in total. The van der Waals surface area contributed by atoms with E-state index in [0.717, 1.165) is 17.1 Å². The zero-order valence-electron chi connectivity index (χ0n) is 14.8. The van der Waals surface area contributed by atoms with Crippen LogP contribution in [0.1, 0.15) is 29.9 Å². The van der Waals surface area contributed by atoms with Gasteiger partial charge in [0, 0.05) is 37.4 Å². The van der Waals surface area contributed by atoms with E-state index < -0.39 is 0 Å². The molecule has 4 rings (SSSR count). The van der Waals surface area contributed by atoms with Crippen molar-refractivity contribution in [1.82, 2.24) is 24.8 Å². The van der Waals surface area contributed by atoms with Gasteiger partial charge in [-0.05, 0) is 55.0 Å². The van der Waals surface area contributed by atoms with E-state index in [1.165, 1.54) is 0 Å². The number of aliphatic hydroxyl groups is 1. The minimum absolute atomic E-state index is 0.0332. The highest BCUT2D eigenvalue weighted by atomic mass is 32.1. The number of thiocarbonyl (C=S) groups is 1. The van der Waals surface area contributed by atoms with Crippen molar-refractivity contribution in [3.8, 4) is 5.69 Å². The van der Waals surface area contributed by atoms with Crippen molar-refractivity contribution >= 4 is 17.3 Å². The summed E-state index contributed by atoms with van der Waals surface area (Å²) in [5, 5.41) is 13.4. The number of pyridine rings is 2. The molecule has 0 amide bonds. The molecule has 0 unspecified atom stereocenters. The number of hydrogen-bond acceptors (Lipinski definition) is 4. The Morgan fingerprint density at radius 1 is 1.11 bits per heavy atom. The third kappa shape index (κ3) is 3.43. The maximum Gasteiger partial charge on any atom is 0.170 e. The fourth-order valence-electron chi connectivity index (χ4n) is 3.58. The van der Waals surface area contributed by atoms with Crippen molar-refractivity contribution in [2.24, 2.45) is 0 Å². The summed E-state index contributed by atoms with van der Waals surface area (Å²) in [7, 11) is 0. The quantitative estimate of drug-likeness (QED) is 0.642. The molecule has 4 heterocycles. The van der Waals surface area contributed by atoms with Crippen LogP contribution in [-0.2, 0) is 0 Å². The average Bonchev–Trinajstić information content (AvgIpc) is 3.32. The van der Waals surface area contributed by atoms with Crippen LogP contribution in [0.15, 0.2) is 67.3 Å². The Labute approximate surface area is 163 Å². The monoisotopic (exact) mass is 379 g/mol. The van der Waals surface area contributed by atoms with Crippen molar-refractivity contribution in [3.63, 3.8) is 0 Å². The van der Waals surface area contributed by atoms with Gasteiger partial charge in [0.25, 0.3) is 0 Å². The summed E-state index contributed by atoms with van der Waals surface area (Å²) in [6.45, 7) is 0.804. The Morgan fingerprint density at radius 2 is 2.04 bits per heavy atom. The maximum absolute atomic E-state index is 9.33. The maximum atomic E-state index is 9.33. The standard InChI is InChI=1S/C20H21N5OS/c26-13-5-12-25-19(18(23-20(25)27)16-7-1-2-10-22-16)17-8-4-11-24(17)15-6-3-9-21-14-15/h1-4,6-11,14,18-19,26H,5,12-13H2,(H,23,27)/t18-,19+/m0/s1. The Hall–Kier alpha value is -2.77. The van der Waals surface area contributed by atoms with Gasteiger partial charge in [-0.15, -0.1) is 0 Å². The second-order valence-corrected chi connectivity index (χ2v) is 6.80. The molecule has 0 aromatic carbocycles. The second-order valence-electron chi connectivity index (χ2n) is 6.41. The largest absolute Gasteiger partial charge is 0.396 e. The highest BCUT2D eigenvalue weighted by Crippen LogP contribution is 2.39. The minimum Gasteiger partial charge on any atom is -0.396 e. The van der Waals surface area contributed by atoms with Crippen molar-refractivity contribution in [2.75, 3.05) is 13.2 Å². The lowest BCUT2D eigenvalue weighted by Gasteiger charge is -2.28. The van der Waals surface area contributed by atoms with E-state index in [0.29, 0.717) is 18.1 Å². The predicted molar refractivity (Wildman–Crippen MR) is 107 cm³/mol. The molecule has 6 nitrogen and oxygen atoms in total. The van der Waals surface area contributed by atoms with Gasteiger partial charge < -0.3 is 19.9 Å². The molecule has 0 spiro atoms. The Kier molecular flexibility index (Phi) is 5.13. The lowest BCUT2D eigenvalue weighted by atomic mass is 10.0. The summed E-state index contributed by atoms with van der Waals surface area (Å²) >= 11 is 5.63. The summed E-state index contributed by atoms with van der Waals surface area (Å²) in [5.41, 5.74) is 3.04. The van der Waals surface area contributed by atoms with Gasteiger partial charge >= 0.3 is 0 Å². The van der Waals surface area contributed by atoms with Gasteiger partial charge in [-0.25, -0.2) is 0 Å². The van der Waals surface area contributed by atoms with E-state index in [1.807, 2.05) is 48.8 Å². The van der Waals surface area contributed by atoms with E-state index in [9.17, 15) is 5.11 Å². The third-order valence-electron chi connectivity index (χ3n) is 4.76. The van der Waals surface area contributed by atoms with Crippen molar-refractivity contribution in [1.29, 1.82) is 0 Å². The molecule has 0 saturated carbocycles. The molecule has 7 heteroatoms. The third-order valence-corrected chi connectivity index (χ3v) is 5.11. The average molecular weight is 379 g/mol. The molecule has 27 heavy (non-hydrogen) atoms. The fraction of sp³-hybridized carbons (Fsp3) is 0.250. The van der Waals surface area contributed by atoms with E-state index in [4.69, 9.17) is 12.2 Å². The SMILES string of the molecule is OCCCN1C(=S)N[C@@H](c2ccccn2)[C@H]1c1cccn1-c1cccnc1. The van der Waals surface area contributed by atoms with E-state index >= 15 is 0 Å². The highest BCUT2D eigenvalue weighted by Gasteiger charge is 2.40. The molecular weight excluding hydrogens is 358 g/mol. The zero-order chi connectivity index (χ0) is 18.6. The van der Waals surface area contributed by atoms with Gasteiger partial charge in [-0.3, -0.25) is 9.97 Å². The summed E-state index contributed by atoms with van der Waals surface area (Å²) in [6, 6.07) is 13.9. The normalized spacial score (nSPS) is 19.3. The molecule has 1 fully saturated rings. The first kappa shape index (κ1) is 17.6. The topological polar surface area (TPSA) is 66.2 Å². The molecule has 1 aliphatic heterocycles. The molecule has 0 aliphatic carbocycles. The summed E-state index contributed by atoms with van der Waals surface area (Å²) < 4.78 is 2.13. The number of aromatic nitrogens is 3. The first-order valence-electron chi connectivity index (χ1n) is 8.96. The van der Waals surface area contributed by atoms with Gasteiger partial charge in [-0.2, -0.15) is 0 Å². The number of aliphatic hydroxyl groups excluding tert-OH is 1. The summed E-state index contributed by atoms with van der Waals surface area (Å²) in [4.78, 5) is 10.9. The second kappa shape index (κ2) is 7.85. The van der Waals surface area contributed by atoms with Crippen LogP contribution in [0, 0.1) is 0 Å². The smallest absolute Gasteiger partial charge is 0.170 e. The molecular formula is C20H21N5OS. The van der Waals surface area contributed by atoms with Gasteiger partial charge in [0.05, 0.1) is 29.7 Å². The van der Waals surface area contributed by atoms with Gasteiger partial charge in [0.2, 0.25) is 0 Å². The lowest BCUT2D eigenvalue weighted by Crippen LogP contribution is -2.31. The van der Waals surface area contributed by atoms with E-state index in [-0.39, 0.29) is 18.7 Å². The van der Waals surface area contributed by atoms with Crippen molar-refractivity contribution < 1.29 is 5.11 Å². The van der Waals surface area contributed by atoms with Crippen LogP contribution in [0.5, 0.6) is 0 Å². The van der Waals surface area contributed by atoms with Crippen molar-refractivity contribution in [2.45, 2.75) is 18.5 Å². The van der Waals surface area contributed by atoms with Crippen LogP contribution in [0.25, 0.3) is 5.69 Å². The van der Waals surface area contributed by atoms with Crippen LogP contribution in [0.4, 0.5) is 0 Å². The molecule has 1 aliphatic rings. The molecule has 3 aromatic heterocycles. The first-order chi connectivity index (χ1) is 13.3.